The number of aromatic nitrogens is 1. The molecule has 0 unspecified atom stereocenters. The zero-order valence-electron chi connectivity index (χ0n) is 4.72. The third kappa shape index (κ3) is 1.07. The van der Waals surface area contributed by atoms with Crippen LogP contribution >= 0.6 is 0 Å². The summed E-state index contributed by atoms with van der Waals surface area (Å²) in [4.78, 5) is 0. The molecule has 1 heterocycles. The molecule has 1 N–H and O–H groups in total. The van der Waals surface area contributed by atoms with Crippen LogP contribution in [-0.4, -0.2) is 12.2 Å². The summed E-state index contributed by atoms with van der Waals surface area (Å²) in [6, 6.07) is 1.83. The quantitative estimate of drug-likeness (QED) is 0.601. The van der Waals surface area contributed by atoms with E-state index in [2.05, 4.69) is 10.5 Å². The summed E-state index contributed by atoms with van der Waals surface area (Å²) in [5.41, 5.74) is 0. The highest BCUT2D eigenvalue weighted by atomic mass is 16.5. The van der Waals surface area contributed by atoms with Crippen molar-refractivity contribution in [2.75, 3.05) is 7.05 Å². The predicted molar refractivity (Wildman–Crippen MR) is 29.3 cm³/mol. The topological polar surface area (TPSA) is 38.1 Å². The van der Waals surface area contributed by atoms with Gasteiger partial charge in [0.05, 0.1) is 12.7 Å². The molecule has 44 valence electrons. The SMILES string of the molecule is CNCc1ccno1. The van der Waals surface area contributed by atoms with Crippen molar-refractivity contribution in [2.24, 2.45) is 0 Å². The van der Waals surface area contributed by atoms with E-state index in [0.717, 1.165) is 12.3 Å². The Kier molecular flexibility index (Phi) is 1.64. The van der Waals surface area contributed by atoms with Crippen molar-refractivity contribution < 1.29 is 4.52 Å². The molecule has 0 aromatic carbocycles. The summed E-state index contributed by atoms with van der Waals surface area (Å²) in [6.45, 7) is 0.750. The van der Waals surface area contributed by atoms with Crippen LogP contribution in [0.2, 0.25) is 0 Å². The normalized spacial score (nSPS) is 9.62. The first-order chi connectivity index (χ1) is 3.93. The average molecular weight is 112 g/mol. The van der Waals surface area contributed by atoms with E-state index in [1.807, 2.05) is 13.1 Å². The Morgan fingerprint density at radius 2 is 2.75 bits per heavy atom. The van der Waals surface area contributed by atoms with Gasteiger partial charge in [-0.1, -0.05) is 5.16 Å². The molecule has 3 heteroatoms. The van der Waals surface area contributed by atoms with Crippen LogP contribution in [0.1, 0.15) is 5.76 Å². The van der Waals surface area contributed by atoms with Crippen molar-refractivity contribution in [2.45, 2.75) is 6.54 Å². The second-order valence-electron chi connectivity index (χ2n) is 1.51. The molecule has 0 amide bonds. The van der Waals surface area contributed by atoms with E-state index in [4.69, 9.17) is 4.52 Å². The second-order valence-corrected chi connectivity index (χ2v) is 1.51. The van der Waals surface area contributed by atoms with Crippen LogP contribution < -0.4 is 5.32 Å². The highest BCUT2D eigenvalue weighted by molar-refractivity contribution is 4.91. The predicted octanol–water partition coefficient (Wildman–Crippen LogP) is 0.394. The fraction of sp³-hybridized carbons (Fsp3) is 0.400. The molecule has 0 saturated carbocycles. The number of hydrogen-bond donors (Lipinski definition) is 1. The Hall–Kier alpha value is -0.830. The first kappa shape index (κ1) is 5.31. The lowest BCUT2D eigenvalue weighted by Crippen LogP contribution is -2.03. The fourth-order valence-electron chi connectivity index (χ4n) is 0.508. The Labute approximate surface area is 47.7 Å². The highest BCUT2D eigenvalue weighted by Gasteiger charge is 1.89. The Bertz CT molecular complexity index is 136. The lowest BCUT2D eigenvalue weighted by molar-refractivity contribution is 0.377. The van der Waals surface area contributed by atoms with Gasteiger partial charge in [0.2, 0.25) is 0 Å². The Balaban J connectivity index is 2.50. The molecule has 1 rings (SSSR count). The Morgan fingerprint density at radius 1 is 1.88 bits per heavy atom. The van der Waals surface area contributed by atoms with Gasteiger partial charge in [-0.3, -0.25) is 0 Å². The largest absolute Gasteiger partial charge is 0.360 e. The summed E-state index contributed by atoms with van der Waals surface area (Å²) in [5.74, 6) is 0.868. The van der Waals surface area contributed by atoms with Crippen molar-refractivity contribution in [1.82, 2.24) is 10.5 Å². The van der Waals surface area contributed by atoms with E-state index in [-0.39, 0.29) is 0 Å². The summed E-state index contributed by atoms with van der Waals surface area (Å²) < 4.78 is 4.76. The van der Waals surface area contributed by atoms with Crippen molar-refractivity contribution in [1.29, 1.82) is 0 Å². The smallest absolute Gasteiger partial charge is 0.150 e. The summed E-state index contributed by atoms with van der Waals surface area (Å²) in [5, 5.41) is 6.46. The van der Waals surface area contributed by atoms with Gasteiger partial charge >= 0.3 is 0 Å². The zero-order valence-corrected chi connectivity index (χ0v) is 4.72. The van der Waals surface area contributed by atoms with Crippen LogP contribution in [0.3, 0.4) is 0 Å². The maximum atomic E-state index is 4.76. The lowest BCUT2D eigenvalue weighted by atomic mass is 10.5. The van der Waals surface area contributed by atoms with Crippen LogP contribution in [0.15, 0.2) is 16.8 Å². The van der Waals surface area contributed by atoms with Crippen LogP contribution in [0, 0.1) is 0 Å². The minimum Gasteiger partial charge on any atom is -0.360 e. The maximum absolute atomic E-state index is 4.76. The van der Waals surface area contributed by atoms with E-state index < -0.39 is 0 Å². The summed E-state index contributed by atoms with van der Waals surface area (Å²) in [6.07, 6.45) is 1.63. The average Bonchev–Trinajstić information content (AvgIpc) is 2.19. The summed E-state index contributed by atoms with van der Waals surface area (Å²) in [7, 11) is 1.86. The molecule has 0 aliphatic heterocycles. The Morgan fingerprint density at radius 3 is 3.25 bits per heavy atom. The fourth-order valence-corrected chi connectivity index (χ4v) is 0.508. The molecule has 0 saturated heterocycles. The van der Waals surface area contributed by atoms with Crippen LogP contribution in [0.4, 0.5) is 0 Å². The minimum absolute atomic E-state index is 0.750. The van der Waals surface area contributed by atoms with Crippen molar-refractivity contribution in [3.8, 4) is 0 Å². The van der Waals surface area contributed by atoms with Gasteiger partial charge in [0.25, 0.3) is 0 Å². The highest BCUT2D eigenvalue weighted by Crippen LogP contribution is 1.92. The molecule has 0 bridgehead atoms. The van der Waals surface area contributed by atoms with Crippen molar-refractivity contribution in [3.63, 3.8) is 0 Å². The van der Waals surface area contributed by atoms with E-state index in [1.54, 1.807) is 6.20 Å². The van der Waals surface area contributed by atoms with Gasteiger partial charge < -0.3 is 9.84 Å². The van der Waals surface area contributed by atoms with Gasteiger partial charge in [0, 0.05) is 6.07 Å². The number of nitrogens with one attached hydrogen (secondary N) is 1. The number of rotatable bonds is 2. The summed E-state index contributed by atoms with van der Waals surface area (Å²) >= 11 is 0. The van der Waals surface area contributed by atoms with E-state index in [0.29, 0.717) is 0 Å². The van der Waals surface area contributed by atoms with Crippen LogP contribution in [0.25, 0.3) is 0 Å². The van der Waals surface area contributed by atoms with Gasteiger partial charge in [-0.25, -0.2) is 0 Å². The number of hydrogen-bond acceptors (Lipinski definition) is 3. The molecule has 0 atom stereocenters. The van der Waals surface area contributed by atoms with E-state index in [1.165, 1.54) is 0 Å². The molecule has 0 radical (unpaired) electrons. The molecular weight excluding hydrogens is 104 g/mol. The first-order valence-electron chi connectivity index (χ1n) is 2.47. The molecule has 0 fully saturated rings. The molecule has 1 aromatic heterocycles. The molecule has 8 heavy (non-hydrogen) atoms. The van der Waals surface area contributed by atoms with Gasteiger partial charge in [-0.2, -0.15) is 0 Å². The second kappa shape index (κ2) is 2.47. The van der Waals surface area contributed by atoms with Crippen LogP contribution in [0.5, 0.6) is 0 Å². The van der Waals surface area contributed by atoms with Gasteiger partial charge in [-0.05, 0) is 7.05 Å². The van der Waals surface area contributed by atoms with Crippen molar-refractivity contribution >= 4 is 0 Å². The number of nitrogens with zero attached hydrogens (tertiary/aromatic N) is 1. The molecule has 0 aliphatic carbocycles. The monoisotopic (exact) mass is 112 g/mol. The van der Waals surface area contributed by atoms with Gasteiger partial charge in [0.1, 0.15) is 5.76 Å². The molecule has 0 aliphatic rings. The van der Waals surface area contributed by atoms with Crippen LogP contribution in [-0.2, 0) is 6.54 Å². The minimum atomic E-state index is 0.750. The molecular formula is C5H8N2O. The molecule has 3 nitrogen and oxygen atoms in total. The standard InChI is InChI=1S/C5H8N2O/c1-6-4-5-2-3-7-8-5/h2-3,6H,4H2,1H3. The van der Waals surface area contributed by atoms with E-state index in [9.17, 15) is 0 Å². The van der Waals surface area contributed by atoms with Gasteiger partial charge in [0.15, 0.2) is 0 Å². The molecule has 1 aromatic rings. The third-order valence-electron chi connectivity index (χ3n) is 0.842. The van der Waals surface area contributed by atoms with E-state index >= 15 is 0 Å². The van der Waals surface area contributed by atoms with Crippen molar-refractivity contribution in [3.05, 3.63) is 18.0 Å². The third-order valence-corrected chi connectivity index (χ3v) is 0.842. The lowest BCUT2D eigenvalue weighted by Gasteiger charge is -1.87. The maximum Gasteiger partial charge on any atom is 0.150 e. The first-order valence-corrected chi connectivity index (χ1v) is 2.47. The zero-order chi connectivity index (χ0) is 5.82. The van der Waals surface area contributed by atoms with Gasteiger partial charge in [-0.15, -0.1) is 0 Å². The molecule has 0 spiro atoms.